The summed E-state index contributed by atoms with van der Waals surface area (Å²) in [5.74, 6) is -0.597. The number of nitrogens with zero attached hydrogens (tertiary/aromatic N) is 2. The van der Waals surface area contributed by atoms with Crippen LogP contribution < -0.4 is 10.6 Å². The summed E-state index contributed by atoms with van der Waals surface area (Å²) in [7, 11) is 1.53. The Morgan fingerprint density at radius 3 is 2.44 bits per heavy atom. The fourth-order valence-electron chi connectivity index (χ4n) is 2.70. The number of aromatic nitrogens is 2. The third-order valence-electron chi connectivity index (χ3n) is 4.45. The van der Waals surface area contributed by atoms with E-state index in [9.17, 15) is 9.59 Å². The van der Waals surface area contributed by atoms with Crippen molar-refractivity contribution in [2.75, 3.05) is 13.6 Å². The quantitative estimate of drug-likeness (QED) is 0.733. The molecule has 0 aliphatic heterocycles. The lowest BCUT2D eigenvalue weighted by Crippen LogP contribution is -2.35. The molecular weight excluding hydrogens is 340 g/mol. The van der Waals surface area contributed by atoms with E-state index in [0.29, 0.717) is 11.3 Å². The molecule has 0 aliphatic rings. The summed E-state index contributed by atoms with van der Waals surface area (Å²) in [6.45, 7) is 3.98. The van der Waals surface area contributed by atoms with Crippen molar-refractivity contribution in [3.05, 3.63) is 71.4 Å². The van der Waals surface area contributed by atoms with Crippen LogP contribution in [-0.2, 0) is 4.79 Å². The topological polar surface area (TPSA) is 76.0 Å². The summed E-state index contributed by atoms with van der Waals surface area (Å²) in [5, 5.41) is 9.78. The molecule has 0 radical (unpaired) electrons. The third-order valence-corrected chi connectivity index (χ3v) is 4.45. The number of carbonyl (C=O) groups is 2. The van der Waals surface area contributed by atoms with E-state index >= 15 is 0 Å². The van der Waals surface area contributed by atoms with Crippen molar-refractivity contribution in [1.82, 2.24) is 20.4 Å². The first-order valence-electron chi connectivity index (χ1n) is 8.71. The summed E-state index contributed by atoms with van der Waals surface area (Å²) in [4.78, 5) is 24.2. The Balaban J connectivity index is 2.04. The minimum Gasteiger partial charge on any atom is -0.358 e. The molecule has 0 saturated carbocycles. The average molecular weight is 362 g/mol. The summed E-state index contributed by atoms with van der Waals surface area (Å²) in [5.41, 5.74) is 5.01. The molecule has 2 N–H and O–H groups in total. The Labute approximate surface area is 158 Å². The molecule has 0 unspecified atom stereocenters. The van der Waals surface area contributed by atoms with E-state index < -0.39 is 0 Å². The third kappa shape index (κ3) is 4.06. The zero-order valence-electron chi connectivity index (χ0n) is 15.6. The highest BCUT2D eigenvalue weighted by atomic mass is 16.2. The van der Waals surface area contributed by atoms with Crippen LogP contribution >= 0.6 is 0 Å². The number of aryl methyl sites for hydroxylation is 2. The fraction of sp³-hybridized carbons (Fsp3) is 0.190. The SMILES string of the molecule is CNC(=O)CNC(=O)c1cn(-c2ccccc2)nc1-c1ccc(C)c(C)c1. The Morgan fingerprint density at radius 1 is 1.04 bits per heavy atom. The number of hydrogen-bond acceptors (Lipinski definition) is 3. The number of nitrogens with one attached hydrogen (secondary N) is 2. The van der Waals surface area contributed by atoms with Crippen LogP contribution in [0.3, 0.4) is 0 Å². The van der Waals surface area contributed by atoms with E-state index in [1.165, 1.54) is 12.6 Å². The molecule has 2 aromatic carbocycles. The van der Waals surface area contributed by atoms with Crippen molar-refractivity contribution >= 4 is 11.8 Å². The van der Waals surface area contributed by atoms with Gasteiger partial charge in [0.05, 0.1) is 17.8 Å². The minimum absolute atomic E-state index is 0.0851. The number of benzene rings is 2. The summed E-state index contributed by atoms with van der Waals surface area (Å²) in [6, 6.07) is 15.6. The number of para-hydroxylation sites is 1. The number of carbonyl (C=O) groups excluding carboxylic acids is 2. The van der Waals surface area contributed by atoms with Crippen molar-refractivity contribution in [2.45, 2.75) is 13.8 Å². The summed E-state index contributed by atoms with van der Waals surface area (Å²) in [6.07, 6.45) is 1.69. The molecule has 0 fully saturated rings. The van der Waals surface area contributed by atoms with Crippen LogP contribution in [0.2, 0.25) is 0 Å². The van der Waals surface area contributed by atoms with E-state index in [2.05, 4.69) is 15.7 Å². The highest BCUT2D eigenvalue weighted by molar-refractivity contribution is 6.01. The van der Waals surface area contributed by atoms with E-state index in [-0.39, 0.29) is 18.4 Å². The summed E-state index contributed by atoms with van der Waals surface area (Å²) < 4.78 is 1.68. The zero-order chi connectivity index (χ0) is 19.4. The van der Waals surface area contributed by atoms with Gasteiger partial charge in [0.2, 0.25) is 5.91 Å². The molecule has 0 aliphatic carbocycles. The molecule has 6 nitrogen and oxygen atoms in total. The van der Waals surface area contributed by atoms with Gasteiger partial charge in [-0.25, -0.2) is 4.68 Å². The van der Waals surface area contributed by atoms with Crippen LogP contribution in [0, 0.1) is 13.8 Å². The van der Waals surface area contributed by atoms with Gasteiger partial charge >= 0.3 is 0 Å². The molecule has 3 aromatic rings. The predicted molar refractivity (Wildman–Crippen MR) is 105 cm³/mol. The van der Waals surface area contributed by atoms with E-state index in [4.69, 9.17) is 0 Å². The number of hydrogen-bond donors (Lipinski definition) is 2. The van der Waals surface area contributed by atoms with Crippen LogP contribution in [0.15, 0.2) is 54.7 Å². The molecule has 27 heavy (non-hydrogen) atoms. The maximum absolute atomic E-state index is 12.7. The van der Waals surface area contributed by atoms with Gasteiger partial charge in [-0.3, -0.25) is 9.59 Å². The van der Waals surface area contributed by atoms with E-state index in [1.807, 2.05) is 62.4 Å². The fourth-order valence-corrected chi connectivity index (χ4v) is 2.70. The van der Waals surface area contributed by atoms with E-state index in [1.54, 1.807) is 10.9 Å². The normalized spacial score (nSPS) is 10.5. The maximum Gasteiger partial charge on any atom is 0.255 e. The predicted octanol–water partition coefficient (Wildman–Crippen LogP) is 2.63. The lowest BCUT2D eigenvalue weighted by atomic mass is 10.0. The van der Waals surface area contributed by atoms with Gasteiger partial charge < -0.3 is 10.6 Å². The molecule has 1 aromatic heterocycles. The minimum atomic E-state index is -0.339. The van der Waals surface area contributed by atoms with Crippen LogP contribution in [0.4, 0.5) is 0 Å². The van der Waals surface area contributed by atoms with Gasteiger partial charge in [0.15, 0.2) is 0 Å². The van der Waals surface area contributed by atoms with Crippen molar-refractivity contribution in [1.29, 1.82) is 0 Å². The van der Waals surface area contributed by atoms with Gasteiger partial charge in [-0.2, -0.15) is 5.10 Å². The summed E-state index contributed by atoms with van der Waals surface area (Å²) >= 11 is 0. The van der Waals surface area contributed by atoms with Gasteiger partial charge in [-0.05, 0) is 43.2 Å². The van der Waals surface area contributed by atoms with Gasteiger partial charge in [-0.1, -0.05) is 30.3 Å². The molecule has 0 spiro atoms. The van der Waals surface area contributed by atoms with Gasteiger partial charge in [0.25, 0.3) is 5.91 Å². The van der Waals surface area contributed by atoms with Gasteiger partial charge in [0, 0.05) is 18.8 Å². The molecule has 0 atom stereocenters. The van der Waals surface area contributed by atoms with Crippen LogP contribution in [0.5, 0.6) is 0 Å². The first-order chi connectivity index (χ1) is 13.0. The molecule has 1 heterocycles. The van der Waals surface area contributed by atoms with Crippen molar-refractivity contribution in [2.24, 2.45) is 0 Å². The van der Waals surface area contributed by atoms with E-state index in [0.717, 1.165) is 16.8 Å². The monoisotopic (exact) mass is 362 g/mol. The van der Waals surface area contributed by atoms with Crippen LogP contribution in [0.1, 0.15) is 21.5 Å². The van der Waals surface area contributed by atoms with Crippen molar-refractivity contribution in [3.8, 4) is 16.9 Å². The lowest BCUT2D eigenvalue weighted by molar-refractivity contribution is -0.119. The lowest BCUT2D eigenvalue weighted by Gasteiger charge is -2.06. The molecule has 2 amide bonds. The first kappa shape index (κ1) is 18.4. The highest BCUT2D eigenvalue weighted by Crippen LogP contribution is 2.25. The maximum atomic E-state index is 12.7. The van der Waals surface area contributed by atoms with Gasteiger partial charge in [0.1, 0.15) is 5.69 Å². The Bertz CT molecular complexity index is 977. The number of amides is 2. The molecule has 138 valence electrons. The number of likely N-dealkylation sites (N-methyl/N-ethyl adjacent to an activating group) is 1. The molecule has 0 bridgehead atoms. The largest absolute Gasteiger partial charge is 0.358 e. The molecular formula is C21H22N4O2. The average Bonchev–Trinajstić information content (AvgIpc) is 3.14. The first-order valence-corrected chi connectivity index (χ1v) is 8.71. The molecule has 6 heteroatoms. The Hall–Kier alpha value is -3.41. The Kier molecular flexibility index (Phi) is 5.35. The van der Waals surface area contributed by atoms with Crippen molar-refractivity contribution < 1.29 is 9.59 Å². The van der Waals surface area contributed by atoms with Crippen molar-refractivity contribution in [3.63, 3.8) is 0 Å². The standard InChI is InChI=1S/C21H22N4O2/c1-14-9-10-16(11-15(14)2)20-18(21(27)23-12-19(26)22-3)13-25(24-20)17-7-5-4-6-8-17/h4-11,13H,12H2,1-3H3,(H,22,26)(H,23,27). The van der Waals surface area contributed by atoms with Crippen LogP contribution in [-0.4, -0.2) is 35.2 Å². The van der Waals surface area contributed by atoms with Gasteiger partial charge in [-0.15, -0.1) is 0 Å². The zero-order valence-corrected chi connectivity index (χ0v) is 15.6. The Morgan fingerprint density at radius 2 is 1.78 bits per heavy atom. The second-order valence-corrected chi connectivity index (χ2v) is 6.33. The smallest absolute Gasteiger partial charge is 0.255 e. The second kappa shape index (κ2) is 7.86. The number of rotatable bonds is 5. The van der Waals surface area contributed by atoms with Crippen LogP contribution in [0.25, 0.3) is 16.9 Å². The second-order valence-electron chi connectivity index (χ2n) is 6.33. The molecule has 3 rings (SSSR count). The molecule has 0 saturated heterocycles. The highest BCUT2D eigenvalue weighted by Gasteiger charge is 2.19.